The smallest absolute Gasteiger partial charge is 0.324 e. The molecule has 1 aromatic heterocycles. The Bertz CT molecular complexity index is 1670. The van der Waals surface area contributed by atoms with Gasteiger partial charge in [0.2, 0.25) is 5.91 Å². The molecule has 2 aliphatic rings. The zero-order chi connectivity index (χ0) is 35.0. The van der Waals surface area contributed by atoms with Crippen molar-refractivity contribution in [3.8, 4) is 11.8 Å². The van der Waals surface area contributed by atoms with E-state index in [0.717, 1.165) is 50.2 Å². The molecule has 48 heavy (non-hydrogen) atoms. The molecule has 5 rings (SSSR count). The van der Waals surface area contributed by atoms with Crippen molar-refractivity contribution in [2.45, 2.75) is 82.7 Å². The highest BCUT2D eigenvalue weighted by Gasteiger charge is 2.33. The van der Waals surface area contributed by atoms with Crippen LogP contribution in [0.3, 0.4) is 0 Å². The Morgan fingerprint density at radius 1 is 1.15 bits per heavy atom. The van der Waals surface area contributed by atoms with Crippen molar-refractivity contribution in [3.05, 3.63) is 65.2 Å². The maximum atomic E-state index is 14.8. The number of piperidine rings is 1. The van der Waals surface area contributed by atoms with Crippen molar-refractivity contribution in [1.82, 2.24) is 15.0 Å². The van der Waals surface area contributed by atoms with E-state index in [2.05, 4.69) is 28.0 Å². The van der Waals surface area contributed by atoms with Crippen molar-refractivity contribution in [2.24, 2.45) is 17.6 Å². The molecule has 0 unspecified atom stereocenters. The average molecular weight is 685 g/mol. The van der Waals surface area contributed by atoms with E-state index in [1.807, 2.05) is 20.8 Å². The Labute approximate surface area is 281 Å². The zero-order valence-electron chi connectivity index (χ0n) is 27.9. The van der Waals surface area contributed by atoms with Gasteiger partial charge >= 0.3 is 6.01 Å². The molecule has 0 aliphatic carbocycles. The predicted octanol–water partition coefficient (Wildman–Crippen LogP) is 5.41. The van der Waals surface area contributed by atoms with E-state index in [1.165, 1.54) is 29.2 Å². The molecule has 0 saturated carbocycles. The summed E-state index contributed by atoms with van der Waals surface area (Å²) in [7, 11) is -4.02. The van der Waals surface area contributed by atoms with Crippen LogP contribution in [0.25, 0.3) is 0 Å². The summed E-state index contributed by atoms with van der Waals surface area (Å²) in [4.78, 5) is 20.8. The zero-order valence-corrected chi connectivity index (χ0v) is 28.7. The minimum absolute atomic E-state index is 0.0666. The summed E-state index contributed by atoms with van der Waals surface area (Å²) >= 11 is 0. The largest absolute Gasteiger partial charge is 0.493 e. The maximum absolute atomic E-state index is 14.8. The Balaban J connectivity index is 0.000000401. The number of halogens is 1. The predicted molar refractivity (Wildman–Crippen MR) is 177 cm³/mol. The molecular formula is C34H45FN6O6S. The van der Waals surface area contributed by atoms with Crippen LogP contribution in [0.5, 0.6) is 5.75 Å². The first-order valence-electron chi connectivity index (χ1n) is 16.3. The molecule has 1 amide bonds. The molecule has 260 valence electrons. The van der Waals surface area contributed by atoms with Crippen molar-refractivity contribution in [2.75, 3.05) is 31.1 Å². The first-order chi connectivity index (χ1) is 22.8. The number of anilines is 1. The van der Waals surface area contributed by atoms with Gasteiger partial charge in [0.25, 0.3) is 10.1 Å². The van der Waals surface area contributed by atoms with Crippen LogP contribution in [0.15, 0.2) is 51.9 Å². The van der Waals surface area contributed by atoms with Crippen LogP contribution < -0.4 is 15.4 Å². The highest BCUT2D eigenvalue weighted by atomic mass is 32.2. The number of aryl methyl sites for hydroxylation is 1. The number of nitriles is 1. The lowest BCUT2D eigenvalue weighted by Gasteiger charge is -2.33. The second kappa shape index (κ2) is 16.4. The molecular weight excluding hydrogens is 639 g/mol. The van der Waals surface area contributed by atoms with Gasteiger partial charge in [-0.3, -0.25) is 9.35 Å². The maximum Gasteiger partial charge on any atom is 0.324 e. The van der Waals surface area contributed by atoms with Crippen LogP contribution in [0.1, 0.15) is 81.8 Å². The van der Waals surface area contributed by atoms with Crippen LogP contribution in [0.2, 0.25) is 0 Å². The summed E-state index contributed by atoms with van der Waals surface area (Å²) in [6.45, 7) is 10.9. The van der Waals surface area contributed by atoms with E-state index in [-0.39, 0.29) is 16.4 Å². The highest BCUT2D eigenvalue weighted by Crippen LogP contribution is 2.30. The Hall–Kier alpha value is -4.06. The number of nitrogens with two attached hydrogens (primary N) is 1. The van der Waals surface area contributed by atoms with Crippen molar-refractivity contribution in [1.29, 1.82) is 5.26 Å². The van der Waals surface area contributed by atoms with Crippen molar-refractivity contribution < 1.29 is 31.4 Å². The van der Waals surface area contributed by atoms with Crippen molar-refractivity contribution in [3.63, 3.8) is 0 Å². The fraction of sp³-hybridized carbons (Fsp3) is 0.529. The number of carbonyl (C=O) groups is 1. The molecule has 2 aromatic carbocycles. The summed E-state index contributed by atoms with van der Waals surface area (Å²) in [6, 6.07) is 11.5. The minimum Gasteiger partial charge on any atom is -0.493 e. The van der Waals surface area contributed by atoms with Gasteiger partial charge in [0.1, 0.15) is 23.7 Å². The molecule has 0 bridgehead atoms. The Morgan fingerprint density at radius 3 is 2.42 bits per heavy atom. The average Bonchev–Trinajstić information content (AvgIpc) is 3.75. The number of benzene rings is 2. The second-order valence-electron chi connectivity index (χ2n) is 12.8. The standard InChI is InChI=1S/C27H37FN6O3.C7H8O3S/c1-17(2)25-31-27(37-32-25)33-12-8-19(9-13-33)18(3)10-14-36-21-6-7-22(23(28)15-21)24(30)26(35)34-11-4-5-20(34)16-29;1-6-2-4-7(5-3-6)11(8,9)10/h6-7,15,17-20,24H,4-5,8-14,30H2,1-3H3;2-5H,1H3,(H,8,9,10)/t18-,20+,24+;/m1./s1. The lowest BCUT2D eigenvalue weighted by molar-refractivity contribution is -0.132. The Morgan fingerprint density at radius 2 is 1.83 bits per heavy atom. The molecule has 14 heteroatoms. The molecule has 2 aliphatic heterocycles. The van der Waals surface area contributed by atoms with Crippen LogP contribution >= 0.6 is 0 Å². The van der Waals surface area contributed by atoms with E-state index in [1.54, 1.807) is 18.2 Å². The third-order valence-electron chi connectivity index (χ3n) is 8.98. The number of likely N-dealkylation sites (tertiary alicyclic amines) is 1. The van der Waals surface area contributed by atoms with Gasteiger partial charge in [0.05, 0.1) is 17.6 Å². The fourth-order valence-electron chi connectivity index (χ4n) is 5.88. The van der Waals surface area contributed by atoms with E-state index in [4.69, 9.17) is 19.5 Å². The van der Waals surface area contributed by atoms with Gasteiger partial charge in [-0.15, -0.1) is 0 Å². The Kier molecular flexibility index (Phi) is 12.5. The van der Waals surface area contributed by atoms with Crippen LogP contribution in [-0.2, 0) is 14.9 Å². The minimum atomic E-state index is -4.02. The van der Waals surface area contributed by atoms with Crippen LogP contribution in [-0.4, -0.2) is 66.2 Å². The van der Waals surface area contributed by atoms with Gasteiger partial charge in [-0.1, -0.05) is 49.7 Å². The van der Waals surface area contributed by atoms with Crippen molar-refractivity contribution >= 4 is 22.0 Å². The van der Waals surface area contributed by atoms with E-state index in [0.29, 0.717) is 43.2 Å². The van der Waals surface area contributed by atoms with Crippen LogP contribution in [0, 0.1) is 35.9 Å². The lowest BCUT2D eigenvalue weighted by atomic mass is 9.84. The van der Waals surface area contributed by atoms with Gasteiger partial charge in [0.15, 0.2) is 5.82 Å². The van der Waals surface area contributed by atoms with E-state index < -0.39 is 33.9 Å². The van der Waals surface area contributed by atoms with E-state index >= 15 is 0 Å². The molecule has 0 spiro atoms. The molecule has 3 N–H and O–H groups in total. The number of carbonyl (C=O) groups excluding carboxylic acids is 1. The molecule has 3 heterocycles. The number of hydrogen-bond acceptors (Lipinski definition) is 10. The van der Waals surface area contributed by atoms with Gasteiger partial charge in [-0.2, -0.15) is 18.7 Å². The summed E-state index contributed by atoms with van der Waals surface area (Å²) in [5.74, 6) is 1.42. The highest BCUT2D eigenvalue weighted by molar-refractivity contribution is 7.85. The molecule has 12 nitrogen and oxygen atoms in total. The summed E-state index contributed by atoms with van der Waals surface area (Å²) in [6.07, 6.45) is 4.31. The molecule has 2 fully saturated rings. The summed E-state index contributed by atoms with van der Waals surface area (Å²) < 4.78 is 55.6. The van der Waals surface area contributed by atoms with Gasteiger partial charge in [-0.25, -0.2) is 4.39 Å². The molecule has 3 atom stereocenters. The van der Waals surface area contributed by atoms with Gasteiger partial charge in [0, 0.05) is 37.2 Å². The monoisotopic (exact) mass is 684 g/mol. The lowest BCUT2D eigenvalue weighted by Crippen LogP contribution is -2.41. The number of ether oxygens (including phenoxy) is 1. The number of rotatable bonds is 10. The fourth-order valence-corrected chi connectivity index (χ4v) is 6.36. The summed E-state index contributed by atoms with van der Waals surface area (Å²) in [5.41, 5.74) is 7.14. The number of hydrogen-bond donors (Lipinski definition) is 2. The normalized spacial score (nSPS) is 18.2. The van der Waals surface area contributed by atoms with Crippen LogP contribution in [0.4, 0.5) is 10.4 Å². The first kappa shape index (κ1) is 36.8. The molecule has 3 aromatic rings. The van der Waals surface area contributed by atoms with E-state index in [9.17, 15) is 22.9 Å². The molecule has 0 radical (unpaired) electrons. The van der Waals surface area contributed by atoms with Gasteiger partial charge < -0.3 is 24.8 Å². The SMILES string of the molecule is CC(C)c1noc(N2CCC([C@H](C)CCOc3ccc([C@H](N)C(=O)N4CCC[C@H]4C#N)c(F)c3)CC2)n1.Cc1ccc(S(=O)(=O)O)cc1. The third kappa shape index (κ3) is 9.52. The van der Waals surface area contributed by atoms with Gasteiger partial charge in [-0.05, 0) is 69.1 Å². The number of amides is 1. The number of aromatic nitrogens is 2. The second-order valence-corrected chi connectivity index (χ2v) is 14.2. The quantitative estimate of drug-likeness (QED) is 0.261. The molecule has 2 saturated heterocycles. The number of nitrogens with zero attached hydrogens (tertiary/aromatic N) is 5. The summed E-state index contributed by atoms with van der Waals surface area (Å²) in [5, 5.41) is 13.3. The topological polar surface area (TPSA) is 176 Å². The first-order valence-corrected chi connectivity index (χ1v) is 17.7. The third-order valence-corrected chi connectivity index (χ3v) is 9.85.